The molecule has 1 aromatic carbocycles. The van der Waals surface area contributed by atoms with Gasteiger partial charge in [-0.3, -0.25) is 9.59 Å². The second-order valence-corrected chi connectivity index (χ2v) is 6.65. The highest BCUT2D eigenvalue weighted by molar-refractivity contribution is 5.93. The lowest BCUT2D eigenvalue weighted by Gasteiger charge is -2.34. The summed E-state index contributed by atoms with van der Waals surface area (Å²) in [6.45, 7) is 3.67. The Labute approximate surface area is 158 Å². The molecule has 0 spiro atoms. The number of piperazine rings is 1. The molecular formula is C19H24N6O2. The van der Waals surface area contributed by atoms with Crippen molar-refractivity contribution in [2.75, 3.05) is 50.5 Å². The SMILES string of the molecule is CC(=O)N1CCN(C(=O)c2cc(Nc3ccc(N(C)C)cc3)ncn2)CC1. The maximum atomic E-state index is 12.7. The normalized spacial score (nSPS) is 14.0. The third-order valence-corrected chi connectivity index (χ3v) is 4.55. The summed E-state index contributed by atoms with van der Waals surface area (Å²) in [6.07, 6.45) is 1.38. The molecule has 0 saturated carbocycles. The minimum absolute atomic E-state index is 0.0379. The number of nitrogens with one attached hydrogen (secondary N) is 1. The van der Waals surface area contributed by atoms with Crippen molar-refractivity contribution in [3.63, 3.8) is 0 Å². The summed E-state index contributed by atoms with van der Waals surface area (Å²) < 4.78 is 0. The fraction of sp³-hybridized carbons (Fsp3) is 0.368. The van der Waals surface area contributed by atoms with E-state index < -0.39 is 0 Å². The standard InChI is InChI=1S/C19H24N6O2/c1-14(26)24-8-10-25(11-9-24)19(27)17-12-18(21-13-20-17)22-15-4-6-16(7-5-15)23(2)3/h4-7,12-13H,8-11H2,1-3H3,(H,20,21,22). The number of rotatable bonds is 4. The molecule has 1 aliphatic heterocycles. The number of anilines is 3. The molecular weight excluding hydrogens is 344 g/mol. The molecule has 1 saturated heterocycles. The number of aromatic nitrogens is 2. The van der Waals surface area contributed by atoms with Crippen molar-refractivity contribution < 1.29 is 9.59 Å². The summed E-state index contributed by atoms with van der Waals surface area (Å²) in [5, 5.41) is 3.20. The zero-order valence-electron chi connectivity index (χ0n) is 15.8. The molecule has 142 valence electrons. The van der Waals surface area contributed by atoms with Crippen molar-refractivity contribution in [1.82, 2.24) is 19.8 Å². The molecule has 0 aliphatic carbocycles. The minimum Gasteiger partial charge on any atom is -0.378 e. The molecule has 0 unspecified atom stereocenters. The first-order valence-electron chi connectivity index (χ1n) is 8.85. The van der Waals surface area contributed by atoms with E-state index in [9.17, 15) is 9.59 Å². The zero-order chi connectivity index (χ0) is 19.4. The lowest BCUT2D eigenvalue weighted by atomic mass is 10.2. The maximum absolute atomic E-state index is 12.7. The summed E-state index contributed by atoms with van der Waals surface area (Å²) in [5.41, 5.74) is 2.32. The third-order valence-electron chi connectivity index (χ3n) is 4.55. The molecule has 2 aromatic rings. The number of benzene rings is 1. The van der Waals surface area contributed by atoms with Gasteiger partial charge in [0.25, 0.3) is 5.91 Å². The van der Waals surface area contributed by atoms with Crippen LogP contribution in [0.3, 0.4) is 0 Å². The summed E-state index contributed by atoms with van der Waals surface area (Å²) in [4.78, 5) is 37.9. The van der Waals surface area contributed by atoms with Gasteiger partial charge in [0.2, 0.25) is 5.91 Å². The first-order chi connectivity index (χ1) is 12.9. The Morgan fingerprint density at radius 2 is 1.63 bits per heavy atom. The minimum atomic E-state index is -0.147. The maximum Gasteiger partial charge on any atom is 0.272 e. The van der Waals surface area contributed by atoms with Crippen LogP contribution in [0.4, 0.5) is 17.2 Å². The van der Waals surface area contributed by atoms with Gasteiger partial charge in [-0.2, -0.15) is 0 Å². The van der Waals surface area contributed by atoms with Crippen LogP contribution in [0.5, 0.6) is 0 Å². The van der Waals surface area contributed by atoms with Crippen molar-refractivity contribution >= 4 is 29.0 Å². The average molecular weight is 368 g/mol. The number of carbonyl (C=O) groups is 2. The predicted molar refractivity (Wildman–Crippen MR) is 104 cm³/mol. The highest BCUT2D eigenvalue weighted by atomic mass is 16.2. The topological polar surface area (TPSA) is 81.7 Å². The van der Waals surface area contributed by atoms with E-state index in [1.807, 2.05) is 43.3 Å². The van der Waals surface area contributed by atoms with Gasteiger partial charge in [0.05, 0.1) is 0 Å². The van der Waals surface area contributed by atoms with Crippen LogP contribution in [0.15, 0.2) is 36.7 Å². The van der Waals surface area contributed by atoms with E-state index in [0.29, 0.717) is 37.7 Å². The predicted octanol–water partition coefficient (Wildman–Crippen LogP) is 1.59. The Morgan fingerprint density at radius 1 is 1.00 bits per heavy atom. The first kappa shape index (κ1) is 18.6. The van der Waals surface area contributed by atoms with Gasteiger partial charge in [0.15, 0.2) is 0 Å². The zero-order valence-corrected chi connectivity index (χ0v) is 15.8. The Balaban J connectivity index is 1.66. The quantitative estimate of drug-likeness (QED) is 0.883. The van der Waals surface area contributed by atoms with Crippen LogP contribution in [0.1, 0.15) is 17.4 Å². The van der Waals surface area contributed by atoms with Crippen LogP contribution in [0, 0.1) is 0 Å². The second-order valence-electron chi connectivity index (χ2n) is 6.65. The lowest BCUT2D eigenvalue weighted by Crippen LogP contribution is -2.50. The van der Waals surface area contributed by atoms with Gasteiger partial charge < -0.3 is 20.0 Å². The number of carbonyl (C=O) groups excluding carboxylic acids is 2. The van der Waals surface area contributed by atoms with Crippen molar-refractivity contribution in [1.29, 1.82) is 0 Å². The molecule has 1 fully saturated rings. The van der Waals surface area contributed by atoms with Crippen LogP contribution in [-0.2, 0) is 4.79 Å². The number of nitrogens with zero attached hydrogens (tertiary/aromatic N) is 5. The van der Waals surface area contributed by atoms with Gasteiger partial charge in [-0.15, -0.1) is 0 Å². The summed E-state index contributed by atoms with van der Waals surface area (Å²) in [7, 11) is 3.97. The Morgan fingerprint density at radius 3 is 2.22 bits per heavy atom. The number of hydrogen-bond donors (Lipinski definition) is 1. The highest BCUT2D eigenvalue weighted by Crippen LogP contribution is 2.19. The second kappa shape index (κ2) is 8.03. The van der Waals surface area contributed by atoms with Gasteiger partial charge in [0.1, 0.15) is 17.8 Å². The van der Waals surface area contributed by atoms with Gasteiger partial charge in [-0.05, 0) is 24.3 Å². The van der Waals surface area contributed by atoms with E-state index in [1.165, 1.54) is 6.33 Å². The van der Waals surface area contributed by atoms with E-state index in [-0.39, 0.29) is 11.8 Å². The fourth-order valence-electron chi connectivity index (χ4n) is 2.92. The summed E-state index contributed by atoms with van der Waals surface area (Å²) in [5.74, 6) is 0.454. The van der Waals surface area contributed by atoms with E-state index in [0.717, 1.165) is 11.4 Å². The molecule has 0 bridgehead atoms. The van der Waals surface area contributed by atoms with Crippen LogP contribution >= 0.6 is 0 Å². The van der Waals surface area contributed by atoms with E-state index in [1.54, 1.807) is 22.8 Å². The molecule has 1 aromatic heterocycles. The fourth-order valence-corrected chi connectivity index (χ4v) is 2.92. The van der Waals surface area contributed by atoms with E-state index in [2.05, 4.69) is 15.3 Å². The number of hydrogen-bond acceptors (Lipinski definition) is 6. The van der Waals surface area contributed by atoms with Gasteiger partial charge >= 0.3 is 0 Å². The van der Waals surface area contributed by atoms with Crippen molar-refractivity contribution in [3.05, 3.63) is 42.4 Å². The highest BCUT2D eigenvalue weighted by Gasteiger charge is 2.24. The monoisotopic (exact) mass is 368 g/mol. The molecule has 0 radical (unpaired) electrons. The first-order valence-corrected chi connectivity index (χ1v) is 8.85. The van der Waals surface area contributed by atoms with Crippen LogP contribution < -0.4 is 10.2 Å². The van der Waals surface area contributed by atoms with Crippen molar-refractivity contribution in [2.45, 2.75) is 6.92 Å². The Bertz CT molecular complexity index is 813. The Kier molecular flexibility index (Phi) is 5.54. The molecule has 2 heterocycles. The average Bonchev–Trinajstić information content (AvgIpc) is 2.68. The molecule has 8 nitrogen and oxygen atoms in total. The molecule has 0 atom stereocenters. The summed E-state index contributed by atoms with van der Waals surface area (Å²) in [6, 6.07) is 9.58. The molecule has 2 amide bonds. The van der Waals surface area contributed by atoms with Crippen LogP contribution in [0.25, 0.3) is 0 Å². The summed E-state index contributed by atoms with van der Waals surface area (Å²) >= 11 is 0. The smallest absolute Gasteiger partial charge is 0.272 e. The lowest BCUT2D eigenvalue weighted by molar-refractivity contribution is -0.130. The van der Waals surface area contributed by atoms with Gasteiger partial charge in [0, 0.05) is 64.6 Å². The molecule has 3 rings (SSSR count). The molecule has 1 aliphatic rings. The largest absolute Gasteiger partial charge is 0.378 e. The molecule has 8 heteroatoms. The van der Waals surface area contributed by atoms with Crippen LogP contribution in [-0.4, -0.2) is 71.9 Å². The molecule has 27 heavy (non-hydrogen) atoms. The van der Waals surface area contributed by atoms with E-state index >= 15 is 0 Å². The van der Waals surface area contributed by atoms with Crippen molar-refractivity contribution in [3.8, 4) is 0 Å². The van der Waals surface area contributed by atoms with Crippen LogP contribution in [0.2, 0.25) is 0 Å². The van der Waals surface area contributed by atoms with Gasteiger partial charge in [-0.25, -0.2) is 9.97 Å². The Hall–Kier alpha value is -3.16. The van der Waals surface area contributed by atoms with Crippen molar-refractivity contribution in [2.24, 2.45) is 0 Å². The third kappa shape index (κ3) is 4.52. The number of amides is 2. The van der Waals surface area contributed by atoms with Gasteiger partial charge in [-0.1, -0.05) is 0 Å². The molecule has 1 N–H and O–H groups in total. The van der Waals surface area contributed by atoms with E-state index in [4.69, 9.17) is 0 Å².